The number of carbonyl (C=O) groups excluding carboxylic acids is 2. The van der Waals surface area contributed by atoms with E-state index in [0.717, 1.165) is 6.42 Å². The molecule has 2 amide bonds. The van der Waals surface area contributed by atoms with Gasteiger partial charge in [0, 0.05) is 39.6 Å². The number of ether oxygens (including phenoxy) is 1. The molecule has 1 atom stereocenters. The molecule has 7 heteroatoms. The van der Waals surface area contributed by atoms with E-state index < -0.39 is 0 Å². The summed E-state index contributed by atoms with van der Waals surface area (Å²) >= 11 is 0. The lowest BCUT2D eigenvalue weighted by molar-refractivity contribution is -0.136. The summed E-state index contributed by atoms with van der Waals surface area (Å²) < 4.78 is 5.38. The van der Waals surface area contributed by atoms with E-state index in [9.17, 15) is 9.59 Å². The summed E-state index contributed by atoms with van der Waals surface area (Å²) in [4.78, 5) is 27.7. The Labute approximate surface area is 126 Å². The predicted molar refractivity (Wildman–Crippen MR) is 80.8 cm³/mol. The molecule has 122 valence electrons. The number of rotatable bonds is 8. The van der Waals surface area contributed by atoms with Gasteiger partial charge in [-0.25, -0.2) is 0 Å². The molecule has 0 aromatic heterocycles. The number of hydrogen-bond donors (Lipinski definition) is 2. The van der Waals surface area contributed by atoms with Crippen LogP contribution in [0.2, 0.25) is 0 Å². The first-order valence-electron chi connectivity index (χ1n) is 7.63. The maximum Gasteiger partial charge on any atom is 0.239 e. The van der Waals surface area contributed by atoms with Crippen molar-refractivity contribution in [2.45, 2.75) is 25.8 Å². The maximum atomic E-state index is 12.0. The van der Waals surface area contributed by atoms with Crippen molar-refractivity contribution in [3.8, 4) is 0 Å². The molecule has 0 saturated carbocycles. The van der Waals surface area contributed by atoms with Gasteiger partial charge in [-0.15, -0.1) is 0 Å². The number of nitrogens with zero attached hydrogens (tertiary/aromatic N) is 2. The van der Waals surface area contributed by atoms with Crippen LogP contribution in [0.1, 0.15) is 19.8 Å². The smallest absolute Gasteiger partial charge is 0.239 e. The first kappa shape index (κ1) is 17.9. The minimum atomic E-state index is -0.291. The highest BCUT2D eigenvalue weighted by atomic mass is 16.5. The van der Waals surface area contributed by atoms with Crippen LogP contribution in [-0.4, -0.2) is 80.6 Å². The molecule has 0 radical (unpaired) electrons. The van der Waals surface area contributed by atoms with Gasteiger partial charge in [0.25, 0.3) is 0 Å². The Hall–Kier alpha value is -1.18. The molecule has 0 bridgehead atoms. The first-order chi connectivity index (χ1) is 10.1. The van der Waals surface area contributed by atoms with Gasteiger partial charge in [0.05, 0.1) is 13.2 Å². The molecule has 7 nitrogen and oxygen atoms in total. The number of hydrogen-bond acceptors (Lipinski definition) is 5. The van der Waals surface area contributed by atoms with Crippen LogP contribution in [0.25, 0.3) is 0 Å². The third-order valence-electron chi connectivity index (χ3n) is 3.63. The second kappa shape index (κ2) is 9.70. The molecular formula is C14H28N4O3. The monoisotopic (exact) mass is 300 g/mol. The molecule has 3 N–H and O–H groups in total. The van der Waals surface area contributed by atoms with Crippen LogP contribution < -0.4 is 11.1 Å². The van der Waals surface area contributed by atoms with E-state index in [4.69, 9.17) is 10.5 Å². The lowest BCUT2D eigenvalue weighted by Crippen LogP contribution is -2.54. The third-order valence-corrected chi connectivity index (χ3v) is 3.63. The van der Waals surface area contributed by atoms with Crippen LogP contribution in [0.15, 0.2) is 0 Å². The van der Waals surface area contributed by atoms with E-state index in [1.807, 2.05) is 11.8 Å². The summed E-state index contributed by atoms with van der Waals surface area (Å²) in [5.74, 6) is 0.0609. The van der Waals surface area contributed by atoms with Crippen molar-refractivity contribution in [3.05, 3.63) is 0 Å². The Morgan fingerprint density at radius 2 is 2.24 bits per heavy atom. The van der Waals surface area contributed by atoms with Crippen LogP contribution in [0.4, 0.5) is 0 Å². The second-order valence-electron chi connectivity index (χ2n) is 5.23. The normalized spacial score (nSPS) is 19.3. The van der Waals surface area contributed by atoms with Gasteiger partial charge in [0.2, 0.25) is 11.8 Å². The second-order valence-corrected chi connectivity index (χ2v) is 5.23. The molecule has 1 unspecified atom stereocenters. The highest BCUT2D eigenvalue weighted by Gasteiger charge is 2.29. The van der Waals surface area contributed by atoms with Gasteiger partial charge < -0.3 is 20.7 Å². The summed E-state index contributed by atoms with van der Waals surface area (Å²) in [5, 5.41) is 2.81. The van der Waals surface area contributed by atoms with E-state index in [1.54, 1.807) is 11.9 Å². The van der Waals surface area contributed by atoms with Gasteiger partial charge in [-0.05, 0) is 19.9 Å². The largest absolute Gasteiger partial charge is 0.378 e. The quantitative estimate of drug-likeness (QED) is 0.602. The standard InChI is InChI=1S/C14H28N4O3/c1-3-16-14(20)12-11-21-10-9-18(12)8-5-13(19)17(2)7-4-6-15/h12H,3-11,15H2,1-2H3,(H,16,20). The average molecular weight is 300 g/mol. The van der Waals surface area contributed by atoms with Crippen LogP contribution in [0.5, 0.6) is 0 Å². The first-order valence-corrected chi connectivity index (χ1v) is 7.63. The SMILES string of the molecule is CCNC(=O)C1COCCN1CCC(=O)N(C)CCCN. The lowest BCUT2D eigenvalue weighted by Gasteiger charge is -2.34. The van der Waals surface area contributed by atoms with Crippen LogP contribution in [0.3, 0.4) is 0 Å². The zero-order valence-corrected chi connectivity index (χ0v) is 13.1. The molecule has 1 fully saturated rings. The van der Waals surface area contributed by atoms with Crippen molar-refractivity contribution in [2.24, 2.45) is 5.73 Å². The molecular weight excluding hydrogens is 272 g/mol. The Kier molecular flexibility index (Phi) is 8.26. The summed E-state index contributed by atoms with van der Waals surface area (Å²) in [6.45, 7) is 6.01. The van der Waals surface area contributed by atoms with E-state index in [-0.39, 0.29) is 17.9 Å². The Morgan fingerprint density at radius 1 is 1.48 bits per heavy atom. The molecule has 0 aliphatic carbocycles. The Morgan fingerprint density at radius 3 is 2.90 bits per heavy atom. The minimum absolute atomic E-state index is 0.0267. The zero-order valence-electron chi connectivity index (χ0n) is 13.1. The maximum absolute atomic E-state index is 12.0. The van der Waals surface area contributed by atoms with Crippen LogP contribution in [0, 0.1) is 0 Å². The molecule has 1 aliphatic heterocycles. The number of morpholine rings is 1. The lowest BCUT2D eigenvalue weighted by atomic mass is 10.2. The Balaban J connectivity index is 2.43. The van der Waals surface area contributed by atoms with E-state index in [1.165, 1.54) is 0 Å². The molecule has 0 aromatic rings. The van der Waals surface area contributed by atoms with Crippen LogP contribution in [-0.2, 0) is 14.3 Å². The van der Waals surface area contributed by atoms with Crippen molar-refractivity contribution in [2.75, 3.05) is 53.0 Å². The summed E-state index contributed by atoms with van der Waals surface area (Å²) in [5.41, 5.74) is 5.44. The average Bonchev–Trinajstić information content (AvgIpc) is 2.50. The summed E-state index contributed by atoms with van der Waals surface area (Å²) in [6, 6.07) is -0.291. The highest BCUT2D eigenvalue weighted by Crippen LogP contribution is 2.08. The molecule has 1 heterocycles. The molecule has 0 aromatic carbocycles. The van der Waals surface area contributed by atoms with E-state index in [2.05, 4.69) is 5.32 Å². The molecule has 1 rings (SSSR count). The third kappa shape index (κ3) is 5.99. The van der Waals surface area contributed by atoms with Gasteiger partial charge in [-0.1, -0.05) is 0 Å². The number of nitrogens with one attached hydrogen (secondary N) is 1. The van der Waals surface area contributed by atoms with E-state index >= 15 is 0 Å². The summed E-state index contributed by atoms with van der Waals surface area (Å²) in [7, 11) is 1.79. The molecule has 0 spiro atoms. The van der Waals surface area contributed by atoms with E-state index in [0.29, 0.717) is 52.4 Å². The fourth-order valence-corrected chi connectivity index (χ4v) is 2.32. The van der Waals surface area contributed by atoms with Gasteiger partial charge in [-0.2, -0.15) is 0 Å². The number of carbonyl (C=O) groups is 2. The van der Waals surface area contributed by atoms with Crippen molar-refractivity contribution in [1.29, 1.82) is 0 Å². The van der Waals surface area contributed by atoms with Crippen molar-refractivity contribution < 1.29 is 14.3 Å². The summed E-state index contributed by atoms with van der Waals surface area (Å²) in [6.07, 6.45) is 1.22. The van der Waals surface area contributed by atoms with Crippen LogP contribution >= 0.6 is 0 Å². The zero-order chi connectivity index (χ0) is 15.7. The van der Waals surface area contributed by atoms with Crippen molar-refractivity contribution in [1.82, 2.24) is 15.1 Å². The highest BCUT2D eigenvalue weighted by molar-refractivity contribution is 5.82. The topological polar surface area (TPSA) is 87.9 Å². The van der Waals surface area contributed by atoms with Crippen molar-refractivity contribution in [3.63, 3.8) is 0 Å². The number of nitrogens with two attached hydrogens (primary N) is 1. The van der Waals surface area contributed by atoms with Gasteiger partial charge in [0.15, 0.2) is 0 Å². The molecule has 1 aliphatic rings. The van der Waals surface area contributed by atoms with Gasteiger partial charge in [-0.3, -0.25) is 14.5 Å². The van der Waals surface area contributed by atoms with Gasteiger partial charge in [0.1, 0.15) is 6.04 Å². The fourth-order valence-electron chi connectivity index (χ4n) is 2.32. The number of likely N-dealkylation sites (N-methyl/N-ethyl adjacent to an activating group) is 1. The molecule has 21 heavy (non-hydrogen) atoms. The Bertz CT molecular complexity index is 338. The number of amides is 2. The van der Waals surface area contributed by atoms with Gasteiger partial charge >= 0.3 is 0 Å². The molecule has 1 saturated heterocycles. The minimum Gasteiger partial charge on any atom is -0.378 e. The predicted octanol–water partition coefficient (Wildman–Crippen LogP) is -0.979. The fraction of sp³-hybridized carbons (Fsp3) is 0.857. The van der Waals surface area contributed by atoms with Crippen molar-refractivity contribution >= 4 is 11.8 Å².